The normalized spacial score (nSPS) is 19.1. The number of nitrogens with one attached hydrogen (secondary N) is 16. The van der Waals surface area contributed by atoms with Crippen molar-refractivity contribution in [2.24, 2.45) is 35.0 Å². The van der Waals surface area contributed by atoms with Gasteiger partial charge in [-0.25, -0.2) is 9.78 Å². The fraction of sp³-hybridized carbons (Fsp3) is 0.711. The molecule has 2 saturated carbocycles. The fourth-order valence-corrected chi connectivity index (χ4v) is 18.7. The number of carbonyl (C=O) groups is 15. The number of imidazole rings is 1. The van der Waals surface area contributed by atoms with Gasteiger partial charge in [0.1, 0.15) is 72.5 Å². The van der Waals surface area contributed by atoms with Gasteiger partial charge in [0.15, 0.2) is 11.9 Å². The van der Waals surface area contributed by atoms with Gasteiger partial charge in [0, 0.05) is 88.7 Å². The van der Waals surface area contributed by atoms with Crippen LogP contribution in [0, 0.1) is 28.6 Å². The number of aliphatic hydroxyl groups is 1. The summed E-state index contributed by atoms with van der Waals surface area (Å²) in [5.74, 6) is -11.5. The molecule has 2 unspecified atom stereocenters. The van der Waals surface area contributed by atoms with Crippen LogP contribution in [-0.4, -0.2) is 305 Å². The van der Waals surface area contributed by atoms with Crippen molar-refractivity contribution in [3.63, 3.8) is 0 Å². The number of halogens is 1. The number of aliphatic hydroxyl groups excluding tert-OH is 1. The van der Waals surface area contributed by atoms with Gasteiger partial charge < -0.3 is 126 Å². The maximum absolute atomic E-state index is 15.1. The summed E-state index contributed by atoms with van der Waals surface area (Å²) in [6.45, 7) is 6.53. The number of carboxylic acid groups (broad SMARTS) is 1. The lowest BCUT2D eigenvalue weighted by atomic mass is 9.84. The van der Waals surface area contributed by atoms with Gasteiger partial charge in [-0.3, -0.25) is 77.9 Å². The zero-order chi connectivity index (χ0) is 97.6. The molecule has 3 saturated heterocycles. The highest BCUT2D eigenvalue weighted by molar-refractivity contribution is 7.99. The molecule has 14 amide bonds. The summed E-state index contributed by atoms with van der Waals surface area (Å²) in [6.07, 6.45) is 14.2. The Morgan fingerprint density at radius 2 is 1.10 bits per heavy atom. The van der Waals surface area contributed by atoms with Crippen molar-refractivity contribution in [3.05, 3.63) is 53.1 Å². The van der Waals surface area contributed by atoms with Crippen LogP contribution in [0.3, 0.4) is 0 Å². The van der Waals surface area contributed by atoms with Crippen LogP contribution in [0.5, 0.6) is 0 Å². The Bertz CT molecular complexity index is 4160. The molecule has 24 N–H and O–H groups in total. The number of unbranched alkanes of at least 4 members (excludes halogenated alkanes) is 3. The summed E-state index contributed by atoms with van der Waals surface area (Å²) in [5.41, 5.74) is 18.0. The third-order valence-electron chi connectivity index (χ3n) is 24.9. The van der Waals surface area contributed by atoms with Gasteiger partial charge in [-0.1, -0.05) is 102 Å². The van der Waals surface area contributed by atoms with Crippen LogP contribution < -0.4 is 86.3 Å². The van der Waals surface area contributed by atoms with E-state index in [0.717, 1.165) is 32.1 Å². The van der Waals surface area contributed by atoms with Gasteiger partial charge in [0.25, 0.3) is 0 Å². The van der Waals surface area contributed by atoms with Crippen molar-refractivity contribution in [1.82, 2.24) is 93.8 Å². The summed E-state index contributed by atoms with van der Waals surface area (Å²) in [5, 5.41) is 72.9. The highest BCUT2D eigenvalue weighted by atomic mass is 35.5. The van der Waals surface area contributed by atoms with Crippen molar-refractivity contribution in [2.45, 2.75) is 298 Å². The maximum Gasteiger partial charge on any atom is 0.326 e. The molecule has 0 radical (unpaired) electrons. The topological polar surface area (TPSA) is 636 Å². The molecule has 3 aliphatic heterocycles. The molecule has 14 atom stereocenters. The van der Waals surface area contributed by atoms with E-state index >= 15 is 9.59 Å². The van der Waals surface area contributed by atoms with E-state index in [0.29, 0.717) is 114 Å². The lowest BCUT2D eigenvalue weighted by Crippen LogP contribution is -2.61. The van der Waals surface area contributed by atoms with E-state index in [1.807, 2.05) is 20.8 Å². The molecule has 7 rings (SSSR count). The number of aromatic amines is 1. The molecule has 748 valence electrons. The number of guanidine groups is 2. The number of amides is 14. The molecule has 5 aliphatic rings. The minimum absolute atomic E-state index is 0.00112. The average molecular weight is 1920 g/mol. The van der Waals surface area contributed by atoms with Gasteiger partial charge >= 0.3 is 5.97 Å². The predicted octanol–water partition coefficient (Wildman–Crippen LogP) is 0.0912. The maximum atomic E-state index is 15.1. The number of likely N-dealkylation sites (tertiary alicyclic amines) is 3. The number of fused-ring (bicyclic) bond motifs is 1. The summed E-state index contributed by atoms with van der Waals surface area (Å²) in [6, 6.07) is -9.46. The number of hydrogen-bond donors (Lipinski definition) is 21. The Kier molecular flexibility index (Phi) is 49.0. The molecule has 4 heterocycles. The molecular formula is C90H146ClN23O19S. The van der Waals surface area contributed by atoms with E-state index in [4.69, 9.17) is 49.1 Å². The summed E-state index contributed by atoms with van der Waals surface area (Å²) in [7, 11) is 1.58. The number of carbonyl (C=O) groups excluding carboxylic acids is 14. The SMILES string of the molecule is CCCC[C@H](NC(=O)[C@@H]1CC2CCCCC2N1C(=O)CNC(=O)[C@H](CCCCN)NC(=O)[C@H](Cc1c[nH]cn1)NC(=O)[C@H](CO)NC(=O)[C@H](CC1CCCCC1)NC(=O)[C@H](CCCCNC(=N)N)NC(=O)[C@H]1CCCN1C(=O)[C@H](CCCNC(=N)N)NC(=O)[C@H](CC(C)C)NC(=O)CCSCC(=O)NCCCOCCOC)C(=O)N1CCC[C@H]1C(=O)N[C@@H](Cc1ccc(Cl)cc1)C(=O)O. The molecule has 0 bridgehead atoms. The molecule has 134 heavy (non-hydrogen) atoms. The van der Waals surface area contributed by atoms with E-state index in [2.05, 4.69) is 79.1 Å². The van der Waals surface area contributed by atoms with E-state index in [9.17, 15) is 72.5 Å². The van der Waals surface area contributed by atoms with Crippen LogP contribution in [0.1, 0.15) is 218 Å². The highest BCUT2D eigenvalue weighted by Gasteiger charge is 2.50. The smallest absolute Gasteiger partial charge is 0.326 e. The number of ether oxygens (including phenoxy) is 2. The lowest BCUT2D eigenvalue weighted by Gasteiger charge is -2.34. The number of H-pyrrole nitrogens is 1. The second-order valence-corrected chi connectivity index (χ2v) is 37.3. The molecule has 44 heteroatoms. The van der Waals surface area contributed by atoms with Crippen LogP contribution in [0.4, 0.5) is 0 Å². The molecule has 1 aromatic heterocycles. The standard InChI is InChI=1S/C90H146ClN23O19S/c1-5-6-23-63(86(128)113-40-18-29-72(113)84(126)110-68(88(130)131)47-57-30-32-59(91)33-31-57)107-85(127)73-48-58-22-10-11-27-70(58)114(73)76(118)51-101-77(119)61(24-12-14-35-92)104-81(123)67(49-60-50-97-54-102-60)109-82(124)69(52-115)111-80(122)66(46-56-20-8-7-9-21-56)108-78(120)62(25-13-15-36-99-89(93)94)105-83(125)71-28-17-39-112(71)87(129)64(26-16-37-100-90(95)96)106-79(121)65(45-55(2)3)103-74(116)34-44-134-53-75(117)98-38-19-41-133-43-42-132-4/h30-33,50,54-56,58,61-73,115H,5-29,34-49,51-53,92H2,1-4H3,(H,97,102)(H,98,117)(H,101,119)(H,103,116)(H,104,123)(H,105,125)(H,106,121)(H,107,127)(H,108,120)(H,109,124)(H,110,126)(H,111,122)(H,130,131)(H4,93,94,99)(H4,95,96,100)/t58?,61-,62-,63-,64-,65-,66-,67-,68-,69-,70?,71+,72-,73-/m0/s1. The number of nitrogens with two attached hydrogens (primary N) is 3. The Morgan fingerprint density at radius 1 is 0.560 bits per heavy atom. The Balaban J connectivity index is 1.03. The quantitative estimate of drug-likeness (QED) is 0.0237. The number of hydrogen-bond acceptors (Lipinski definition) is 23. The van der Waals surface area contributed by atoms with Crippen molar-refractivity contribution in [1.29, 1.82) is 10.8 Å². The molecule has 0 spiro atoms. The summed E-state index contributed by atoms with van der Waals surface area (Å²) >= 11 is 7.31. The second-order valence-electron chi connectivity index (χ2n) is 35.7. The minimum Gasteiger partial charge on any atom is -0.480 e. The first-order valence-electron chi connectivity index (χ1n) is 47.6. The second kappa shape index (κ2) is 59.4. The number of methoxy groups -OCH3 is 1. The number of aromatic nitrogens is 2. The largest absolute Gasteiger partial charge is 0.480 e. The van der Waals surface area contributed by atoms with Crippen LogP contribution in [0.2, 0.25) is 5.02 Å². The first kappa shape index (κ1) is 111. The van der Waals surface area contributed by atoms with Gasteiger partial charge in [-0.2, -0.15) is 11.8 Å². The van der Waals surface area contributed by atoms with E-state index in [-0.39, 0.29) is 175 Å². The van der Waals surface area contributed by atoms with Crippen LogP contribution in [-0.2, 0) is 94.2 Å². The minimum atomic E-state index is -1.78. The molecular weight excluding hydrogens is 1770 g/mol. The Labute approximate surface area is 793 Å². The zero-order valence-corrected chi connectivity index (χ0v) is 79.5. The molecule has 2 aromatic rings. The van der Waals surface area contributed by atoms with E-state index in [1.54, 1.807) is 31.4 Å². The third-order valence-corrected chi connectivity index (χ3v) is 26.1. The zero-order valence-electron chi connectivity index (χ0n) is 78.0. The molecule has 5 fully saturated rings. The third kappa shape index (κ3) is 37.6. The fourth-order valence-electron chi connectivity index (χ4n) is 17.8. The number of nitrogens with zero attached hydrogens (tertiary/aromatic N) is 4. The summed E-state index contributed by atoms with van der Waals surface area (Å²) in [4.78, 5) is 227. The average Bonchev–Trinajstić information content (AvgIpc) is 1.63. The van der Waals surface area contributed by atoms with Crippen molar-refractivity contribution in [2.75, 3.05) is 90.9 Å². The van der Waals surface area contributed by atoms with Crippen molar-refractivity contribution >= 4 is 124 Å². The van der Waals surface area contributed by atoms with Gasteiger partial charge in [0.2, 0.25) is 82.7 Å². The molecule has 42 nitrogen and oxygen atoms in total. The number of rotatable bonds is 60. The van der Waals surface area contributed by atoms with Gasteiger partial charge in [-0.05, 0) is 164 Å². The number of aliphatic carboxylic acids is 1. The highest BCUT2D eigenvalue weighted by Crippen LogP contribution is 2.40. The van der Waals surface area contributed by atoms with Crippen molar-refractivity contribution < 1.29 is 91.6 Å². The van der Waals surface area contributed by atoms with E-state index < -0.39 is 174 Å². The molecule has 1 aromatic carbocycles. The van der Waals surface area contributed by atoms with Gasteiger partial charge in [0.05, 0.1) is 44.1 Å². The number of carboxylic acids is 1. The van der Waals surface area contributed by atoms with Crippen LogP contribution in [0.15, 0.2) is 36.8 Å². The predicted molar refractivity (Wildman–Crippen MR) is 501 cm³/mol. The number of thioether (sulfide) groups is 1. The first-order valence-corrected chi connectivity index (χ1v) is 49.1. The lowest BCUT2D eigenvalue weighted by molar-refractivity contribution is -0.145. The van der Waals surface area contributed by atoms with Crippen molar-refractivity contribution in [3.8, 4) is 0 Å². The Hall–Kier alpha value is -10.5. The summed E-state index contributed by atoms with van der Waals surface area (Å²) < 4.78 is 10.4. The molecule has 2 aliphatic carbocycles. The first-order chi connectivity index (χ1) is 64.3. The van der Waals surface area contributed by atoms with Crippen LogP contribution >= 0.6 is 23.4 Å². The van der Waals surface area contributed by atoms with Gasteiger partial charge in [-0.15, -0.1) is 0 Å². The monoisotopic (exact) mass is 1920 g/mol. The number of benzene rings is 1. The van der Waals surface area contributed by atoms with Crippen LogP contribution in [0.25, 0.3) is 0 Å². The Morgan fingerprint density at radius 3 is 1.73 bits per heavy atom. The van der Waals surface area contributed by atoms with E-state index in [1.165, 1.54) is 39.0 Å².